The molecule has 2 rings (SSSR count). The number of hydrogen-bond donors (Lipinski definition) is 1. The molecule has 1 aromatic carbocycles. The number of ether oxygens (including phenoxy) is 1. The van der Waals surface area contributed by atoms with Crippen LogP contribution in [0, 0.1) is 11.3 Å². The zero-order valence-corrected chi connectivity index (χ0v) is 11.0. The average molecular weight is 253 g/mol. The third-order valence-electron chi connectivity index (χ3n) is 2.74. The highest BCUT2D eigenvalue weighted by Crippen LogP contribution is 2.29. The van der Waals surface area contributed by atoms with E-state index in [0.29, 0.717) is 11.4 Å². The number of benzene rings is 1. The van der Waals surface area contributed by atoms with Crippen LogP contribution in [-0.4, -0.2) is 18.6 Å². The van der Waals surface area contributed by atoms with Gasteiger partial charge in [0.05, 0.1) is 18.4 Å². The van der Waals surface area contributed by atoms with Gasteiger partial charge in [0.1, 0.15) is 17.6 Å². The molecule has 0 amide bonds. The van der Waals surface area contributed by atoms with Crippen molar-refractivity contribution in [2.75, 3.05) is 19.0 Å². The molecule has 0 fully saturated rings. The summed E-state index contributed by atoms with van der Waals surface area (Å²) < 4.78 is 5.33. The lowest BCUT2D eigenvalue weighted by Gasteiger charge is -2.10. The third kappa shape index (κ3) is 2.66. The number of nitriles is 1. The van der Waals surface area contributed by atoms with Crippen molar-refractivity contribution in [1.82, 2.24) is 4.98 Å². The standard InChI is InChI=1S/C15H15N3O/c1-3-17-15-11(10-16)8-9-13(18-15)12-6-4-5-7-14(12)19-2/h4-9H,3H2,1-2H3,(H,17,18). The molecule has 0 saturated heterocycles. The maximum absolute atomic E-state index is 9.05. The molecule has 19 heavy (non-hydrogen) atoms. The Labute approximate surface area is 112 Å². The first-order valence-corrected chi connectivity index (χ1v) is 6.08. The highest BCUT2D eigenvalue weighted by molar-refractivity contribution is 5.70. The molecular weight excluding hydrogens is 238 g/mol. The van der Waals surface area contributed by atoms with Gasteiger partial charge in [-0.1, -0.05) is 12.1 Å². The lowest BCUT2D eigenvalue weighted by Crippen LogP contribution is -2.03. The van der Waals surface area contributed by atoms with E-state index in [2.05, 4.69) is 16.4 Å². The van der Waals surface area contributed by atoms with Crippen LogP contribution in [0.2, 0.25) is 0 Å². The second kappa shape index (κ2) is 5.87. The van der Waals surface area contributed by atoms with Crippen molar-refractivity contribution in [2.24, 2.45) is 0 Å². The number of rotatable bonds is 4. The maximum atomic E-state index is 9.05. The Kier molecular flexibility index (Phi) is 3.99. The van der Waals surface area contributed by atoms with Crippen molar-refractivity contribution >= 4 is 5.82 Å². The van der Waals surface area contributed by atoms with E-state index in [-0.39, 0.29) is 0 Å². The summed E-state index contributed by atoms with van der Waals surface area (Å²) in [6.07, 6.45) is 0. The van der Waals surface area contributed by atoms with Crippen LogP contribution < -0.4 is 10.1 Å². The van der Waals surface area contributed by atoms with Gasteiger partial charge in [-0.15, -0.1) is 0 Å². The fourth-order valence-electron chi connectivity index (χ4n) is 1.86. The number of para-hydroxylation sites is 1. The maximum Gasteiger partial charge on any atom is 0.144 e. The van der Waals surface area contributed by atoms with Crippen LogP contribution in [0.25, 0.3) is 11.3 Å². The molecule has 4 heteroatoms. The zero-order chi connectivity index (χ0) is 13.7. The van der Waals surface area contributed by atoms with E-state index < -0.39 is 0 Å². The monoisotopic (exact) mass is 253 g/mol. The average Bonchev–Trinajstić information content (AvgIpc) is 2.47. The summed E-state index contributed by atoms with van der Waals surface area (Å²) in [4.78, 5) is 4.50. The second-order valence-corrected chi connectivity index (χ2v) is 3.94. The molecule has 1 N–H and O–H groups in total. The van der Waals surface area contributed by atoms with E-state index in [1.54, 1.807) is 13.2 Å². The Balaban J connectivity index is 2.51. The smallest absolute Gasteiger partial charge is 0.144 e. The molecule has 0 saturated carbocycles. The van der Waals surface area contributed by atoms with Crippen LogP contribution in [-0.2, 0) is 0 Å². The van der Waals surface area contributed by atoms with Crippen LogP contribution >= 0.6 is 0 Å². The van der Waals surface area contributed by atoms with Crippen molar-refractivity contribution in [3.05, 3.63) is 42.0 Å². The molecule has 0 aliphatic carbocycles. The minimum Gasteiger partial charge on any atom is -0.496 e. The quantitative estimate of drug-likeness (QED) is 0.909. The molecule has 1 heterocycles. The van der Waals surface area contributed by atoms with Gasteiger partial charge in [-0.3, -0.25) is 0 Å². The molecule has 0 atom stereocenters. The van der Waals surface area contributed by atoms with Crippen molar-refractivity contribution < 1.29 is 4.74 Å². The first kappa shape index (κ1) is 12.9. The van der Waals surface area contributed by atoms with Crippen molar-refractivity contribution in [1.29, 1.82) is 5.26 Å². The molecule has 0 radical (unpaired) electrons. The molecule has 1 aromatic heterocycles. The zero-order valence-electron chi connectivity index (χ0n) is 11.0. The fraction of sp³-hybridized carbons (Fsp3) is 0.200. The van der Waals surface area contributed by atoms with Crippen molar-refractivity contribution in [3.8, 4) is 23.1 Å². The molecular formula is C15H15N3O. The predicted molar refractivity (Wildman–Crippen MR) is 75.1 cm³/mol. The second-order valence-electron chi connectivity index (χ2n) is 3.94. The predicted octanol–water partition coefficient (Wildman–Crippen LogP) is 3.06. The number of nitrogens with zero attached hydrogens (tertiary/aromatic N) is 2. The van der Waals surface area contributed by atoms with Gasteiger partial charge in [-0.25, -0.2) is 4.98 Å². The van der Waals surface area contributed by atoms with Gasteiger partial charge in [-0.05, 0) is 31.2 Å². The van der Waals surface area contributed by atoms with Crippen molar-refractivity contribution in [2.45, 2.75) is 6.92 Å². The van der Waals surface area contributed by atoms with Crippen LogP contribution in [0.4, 0.5) is 5.82 Å². The van der Waals surface area contributed by atoms with Gasteiger partial charge in [0.2, 0.25) is 0 Å². The van der Waals surface area contributed by atoms with Gasteiger partial charge in [0.15, 0.2) is 0 Å². The van der Waals surface area contributed by atoms with E-state index in [1.807, 2.05) is 37.3 Å². The Hall–Kier alpha value is -2.54. The summed E-state index contributed by atoms with van der Waals surface area (Å²) in [5, 5.41) is 12.2. The minimum absolute atomic E-state index is 0.542. The molecule has 96 valence electrons. The summed E-state index contributed by atoms with van der Waals surface area (Å²) >= 11 is 0. The number of aromatic nitrogens is 1. The van der Waals surface area contributed by atoms with Gasteiger partial charge < -0.3 is 10.1 Å². The molecule has 0 spiro atoms. The number of nitrogens with one attached hydrogen (secondary N) is 1. The summed E-state index contributed by atoms with van der Waals surface area (Å²) in [7, 11) is 1.63. The molecule has 0 bridgehead atoms. The van der Waals surface area contributed by atoms with Gasteiger partial charge in [0.25, 0.3) is 0 Å². The van der Waals surface area contributed by atoms with Crippen LogP contribution in [0.3, 0.4) is 0 Å². The third-order valence-corrected chi connectivity index (χ3v) is 2.74. The molecule has 2 aromatic rings. The molecule has 0 aliphatic heterocycles. The lowest BCUT2D eigenvalue weighted by molar-refractivity contribution is 0.416. The number of pyridine rings is 1. The van der Waals surface area contributed by atoms with E-state index in [9.17, 15) is 0 Å². The number of anilines is 1. The van der Waals surface area contributed by atoms with Gasteiger partial charge >= 0.3 is 0 Å². The highest BCUT2D eigenvalue weighted by atomic mass is 16.5. The van der Waals surface area contributed by atoms with Gasteiger partial charge in [0, 0.05) is 12.1 Å². The Bertz CT molecular complexity index is 617. The molecule has 0 aliphatic rings. The van der Waals surface area contributed by atoms with Gasteiger partial charge in [-0.2, -0.15) is 5.26 Å². The number of hydrogen-bond acceptors (Lipinski definition) is 4. The SMILES string of the molecule is CCNc1nc(-c2ccccc2OC)ccc1C#N. The lowest BCUT2D eigenvalue weighted by atomic mass is 10.1. The number of methoxy groups -OCH3 is 1. The summed E-state index contributed by atoms with van der Waals surface area (Å²) in [6.45, 7) is 2.69. The first-order chi connectivity index (χ1) is 9.30. The molecule has 4 nitrogen and oxygen atoms in total. The minimum atomic E-state index is 0.542. The van der Waals surface area contributed by atoms with Crippen LogP contribution in [0.1, 0.15) is 12.5 Å². The van der Waals surface area contributed by atoms with Crippen LogP contribution in [0.15, 0.2) is 36.4 Å². The Morgan fingerprint density at radius 2 is 2.05 bits per heavy atom. The largest absolute Gasteiger partial charge is 0.496 e. The normalized spacial score (nSPS) is 9.74. The summed E-state index contributed by atoms with van der Waals surface area (Å²) in [5.74, 6) is 1.37. The summed E-state index contributed by atoms with van der Waals surface area (Å²) in [5.41, 5.74) is 2.24. The fourth-order valence-corrected chi connectivity index (χ4v) is 1.86. The highest BCUT2D eigenvalue weighted by Gasteiger charge is 2.09. The first-order valence-electron chi connectivity index (χ1n) is 6.08. The summed E-state index contributed by atoms with van der Waals surface area (Å²) in [6, 6.07) is 13.4. The Morgan fingerprint density at radius 1 is 1.26 bits per heavy atom. The Morgan fingerprint density at radius 3 is 2.74 bits per heavy atom. The van der Waals surface area contributed by atoms with E-state index in [4.69, 9.17) is 10.00 Å². The van der Waals surface area contributed by atoms with E-state index in [1.165, 1.54) is 0 Å². The molecule has 0 unspecified atom stereocenters. The van der Waals surface area contributed by atoms with E-state index in [0.717, 1.165) is 23.6 Å². The topological polar surface area (TPSA) is 57.9 Å². The van der Waals surface area contributed by atoms with E-state index >= 15 is 0 Å². The van der Waals surface area contributed by atoms with Crippen LogP contribution in [0.5, 0.6) is 5.75 Å². The van der Waals surface area contributed by atoms with Crippen molar-refractivity contribution in [3.63, 3.8) is 0 Å².